The van der Waals surface area contributed by atoms with Gasteiger partial charge in [-0.25, -0.2) is 0 Å². The molecule has 0 fully saturated rings. The SMILES string of the molecule is CCn1c(=NC(=O)C(C)C)sc2cc(C)ccc21. The number of benzene rings is 1. The van der Waals surface area contributed by atoms with Gasteiger partial charge in [-0.05, 0) is 31.5 Å². The lowest BCUT2D eigenvalue weighted by molar-refractivity contribution is -0.120. The quantitative estimate of drug-likeness (QED) is 0.819. The molecule has 2 aromatic rings. The van der Waals surface area contributed by atoms with Gasteiger partial charge in [0.15, 0.2) is 4.80 Å². The van der Waals surface area contributed by atoms with Gasteiger partial charge in [-0.2, -0.15) is 4.99 Å². The zero-order valence-corrected chi connectivity index (χ0v) is 12.0. The summed E-state index contributed by atoms with van der Waals surface area (Å²) in [7, 11) is 0. The number of aromatic nitrogens is 1. The molecule has 18 heavy (non-hydrogen) atoms. The van der Waals surface area contributed by atoms with E-state index in [1.807, 2.05) is 13.8 Å². The minimum Gasteiger partial charge on any atom is -0.317 e. The van der Waals surface area contributed by atoms with Crippen molar-refractivity contribution in [2.75, 3.05) is 0 Å². The van der Waals surface area contributed by atoms with Crippen molar-refractivity contribution in [1.29, 1.82) is 0 Å². The van der Waals surface area contributed by atoms with E-state index < -0.39 is 0 Å². The molecule has 0 saturated heterocycles. The lowest BCUT2D eigenvalue weighted by atomic mass is 10.2. The second-order valence-corrected chi connectivity index (χ2v) is 5.71. The van der Waals surface area contributed by atoms with Gasteiger partial charge in [0.2, 0.25) is 0 Å². The van der Waals surface area contributed by atoms with Crippen LogP contribution in [0.5, 0.6) is 0 Å². The Labute approximate surface area is 111 Å². The molecule has 4 heteroatoms. The minimum absolute atomic E-state index is 0.0535. The van der Waals surface area contributed by atoms with Crippen LogP contribution in [0, 0.1) is 12.8 Å². The average molecular weight is 262 g/mol. The van der Waals surface area contributed by atoms with Crippen LogP contribution >= 0.6 is 11.3 Å². The molecule has 0 bridgehead atoms. The number of hydrogen-bond acceptors (Lipinski definition) is 2. The first-order chi connectivity index (χ1) is 8.52. The highest BCUT2D eigenvalue weighted by Crippen LogP contribution is 2.18. The Morgan fingerprint density at radius 3 is 2.78 bits per heavy atom. The van der Waals surface area contributed by atoms with E-state index >= 15 is 0 Å². The first kappa shape index (κ1) is 13.0. The molecule has 0 unspecified atom stereocenters. The average Bonchev–Trinajstić information content (AvgIpc) is 2.64. The van der Waals surface area contributed by atoms with E-state index in [2.05, 4.69) is 41.6 Å². The first-order valence-corrected chi connectivity index (χ1v) is 7.03. The number of amides is 1. The number of carbonyl (C=O) groups is 1. The highest BCUT2D eigenvalue weighted by molar-refractivity contribution is 7.16. The third-order valence-corrected chi connectivity index (χ3v) is 3.90. The van der Waals surface area contributed by atoms with Crippen LogP contribution in [0.3, 0.4) is 0 Å². The molecule has 0 saturated carbocycles. The first-order valence-electron chi connectivity index (χ1n) is 6.21. The zero-order chi connectivity index (χ0) is 13.3. The number of rotatable bonds is 2. The van der Waals surface area contributed by atoms with E-state index in [0.29, 0.717) is 0 Å². The van der Waals surface area contributed by atoms with Crippen LogP contribution in [0.15, 0.2) is 23.2 Å². The molecule has 0 aliphatic carbocycles. The van der Waals surface area contributed by atoms with Crippen LogP contribution < -0.4 is 4.80 Å². The van der Waals surface area contributed by atoms with Gasteiger partial charge in [-0.3, -0.25) is 4.79 Å². The smallest absolute Gasteiger partial charge is 0.250 e. The second kappa shape index (κ2) is 5.06. The summed E-state index contributed by atoms with van der Waals surface area (Å²) in [6.07, 6.45) is 0. The number of fused-ring (bicyclic) bond motifs is 1. The number of carbonyl (C=O) groups excluding carboxylic acids is 1. The highest BCUT2D eigenvalue weighted by atomic mass is 32.1. The van der Waals surface area contributed by atoms with E-state index in [4.69, 9.17) is 0 Å². The Kier molecular flexibility index (Phi) is 3.66. The molecule has 1 amide bonds. The van der Waals surface area contributed by atoms with Gasteiger partial charge in [0.1, 0.15) is 0 Å². The number of nitrogens with zero attached hydrogens (tertiary/aromatic N) is 2. The van der Waals surface area contributed by atoms with E-state index in [-0.39, 0.29) is 11.8 Å². The van der Waals surface area contributed by atoms with Crippen molar-refractivity contribution in [2.24, 2.45) is 10.9 Å². The van der Waals surface area contributed by atoms with E-state index in [1.165, 1.54) is 10.3 Å². The predicted molar refractivity (Wildman–Crippen MR) is 75.6 cm³/mol. The van der Waals surface area contributed by atoms with Crippen LogP contribution in [0.4, 0.5) is 0 Å². The van der Waals surface area contributed by atoms with E-state index in [0.717, 1.165) is 16.9 Å². The molecule has 0 radical (unpaired) electrons. The summed E-state index contributed by atoms with van der Waals surface area (Å²) in [4.78, 5) is 16.8. The molecule has 0 spiro atoms. The third-order valence-electron chi connectivity index (χ3n) is 2.85. The van der Waals surface area contributed by atoms with Crippen molar-refractivity contribution in [2.45, 2.75) is 34.2 Å². The molecule has 3 nitrogen and oxygen atoms in total. The molecule has 0 aliphatic heterocycles. The second-order valence-electron chi connectivity index (χ2n) is 4.70. The van der Waals surface area contributed by atoms with Gasteiger partial charge in [-0.1, -0.05) is 31.3 Å². The van der Waals surface area contributed by atoms with Crippen molar-refractivity contribution < 1.29 is 4.79 Å². The number of thiazole rings is 1. The summed E-state index contributed by atoms with van der Waals surface area (Å²) in [5.41, 5.74) is 2.39. The van der Waals surface area contributed by atoms with Crippen LogP contribution in [0.25, 0.3) is 10.2 Å². The van der Waals surface area contributed by atoms with Gasteiger partial charge >= 0.3 is 0 Å². The maximum absolute atomic E-state index is 11.8. The van der Waals surface area contributed by atoms with Crippen LogP contribution in [-0.2, 0) is 11.3 Å². The molecule has 0 aliphatic rings. The Bertz CT molecular complexity index is 649. The van der Waals surface area contributed by atoms with Crippen molar-refractivity contribution in [3.05, 3.63) is 28.6 Å². The minimum atomic E-state index is -0.0551. The monoisotopic (exact) mass is 262 g/mol. The molecule has 96 valence electrons. The van der Waals surface area contributed by atoms with Gasteiger partial charge in [0.05, 0.1) is 10.2 Å². The van der Waals surface area contributed by atoms with E-state index in [1.54, 1.807) is 11.3 Å². The zero-order valence-electron chi connectivity index (χ0n) is 11.2. The van der Waals surface area contributed by atoms with Crippen LogP contribution in [0.2, 0.25) is 0 Å². The normalized spacial score (nSPS) is 12.6. The standard InChI is InChI=1S/C14H18N2OS/c1-5-16-11-7-6-10(4)8-12(11)18-14(16)15-13(17)9(2)3/h6-9H,5H2,1-4H3. The lowest BCUT2D eigenvalue weighted by Gasteiger charge is -2.01. The maximum atomic E-state index is 11.8. The number of hydrogen-bond donors (Lipinski definition) is 0. The van der Waals surface area contributed by atoms with Crippen molar-refractivity contribution >= 4 is 27.5 Å². The van der Waals surface area contributed by atoms with E-state index in [9.17, 15) is 4.79 Å². The summed E-state index contributed by atoms with van der Waals surface area (Å²) in [6.45, 7) is 8.73. The van der Waals surface area contributed by atoms with Crippen LogP contribution in [-0.4, -0.2) is 10.5 Å². The Balaban J connectivity index is 2.68. The van der Waals surface area contributed by atoms with Gasteiger partial charge in [0.25, 0.3) is 5.91 Å². The fourth-order valence-electron chi connectivity index (χ4n) is 1.79. The molecule has 2 rings (SSSR count). The summed E-state index contributed by atoms with van der Waals surface area (Å²) in [5.74, 6) is -0.109. The fraction of sp³-hybridized carbons (Fsp3) is 0.429. The Hall–Kier alpha value is -1.42. The molecular formula is C14H18N2OS. The summed E-state index contributed by atoms with van der Waals surface area (Å²) in [6, 6.07) is 6.34. The van der Waals surface area contributed by atoms with Gasteiger partial charge < -0.3 is 4.57 Å². The predicted octanol–water partition coefficient (Wildman–Crippen LogP) is 3.11. The Morgan fingerprint density at radius 2 is 2.17 bits per heavy atom. The van der Waals surface area contributed by atoms with Gasteiger partial charge in [-0.15, -0.1) is 0 Å². The largest absolute Gasteiger partial charge is 0.317 e. The maximum Gasteiger partial charge on any atom is 0.250 e. The molecule has 1 aromatic heterocycles. The third kappa shape index (κ3) is 2.38. The number of aryl methyl sites for hydroxylation is 2. The molecule has 1 aromatic carbocycles. The molecular weight excluding hydrogens is 244 g/mol. The highest BCUT2D eigenvalue weighted by Gasteiger charge is 2.08. The van der Waals surface area contributed by atoms with Crippen molar-refractivity contribution in [3.63, 3.8) is 0 Å². The summed E-state index contributed by atoms with van der Waals surface area (Å²) in [5, 5.41) is 0. The molecule has 0 N–H and O–H groups in total. The summed E-state index contributed by atoms with van der Waals surface area (Å²) >= 11 is 1.58. The Morgan fingerprint density at radius 1 is 1.44 bits per heavy atom. The van der Waals surface area contributed by atoms with Gasteiger partial charge in [0, 0.05) is 12.5 Å². The fourth-order valence-corrected chi connectivity index (χ4v) is 2.99. The molecule has 1 heterocycles. The lowest BCUT2D eigenvalue weighted by Crippen LogP contribution is -2.17. The van der Waals surface area contributed by atoms with Crippen LogP contribution in [0.1, 0.15) is 26.3 Å². The van der Waals surface area contributed by atoms with Crippen molar-refractivity contribution in [3.8, 4) is 0 Å². The molecule has 0 atom stereocenters. The topological polar surface area (TPSA) is 34.4 Å². The van der Waals surface area contributed by atoms with Crippen molar-refractivity contribution in [1.82, 2.24) is 4.57 Å². The summed E-state index contributed by atoms with van der Waals surface area (Å²) < 4.78 is 3.28.